The SMILES string of the molecule is CCN1CC[C@H](CN(CC)C(=O)c2cnc3c(O)cccn3c2=O)C1. The highest BCUT2D eigenvalue weighted by Crippen LogP contribution is 2.18. The minimum Gasteiger partial charge on any atom is -0.504 e. The van der Waals surface area contributed by atoms with Crippen LogP contribution in [0.15, 0.2) is 29.3 Å². The monoisotopic (exact) mass is 344 g/mol. The molecular formula is C18H24N4O3. The van der Waals surface area contributed by atoms with E-state index < -0.39 is 5.56 Å². The number of pyridine rings is 1. The zero-order chi connectivity index (χ0) is 18.0. The first-order chi connectivity index (χ1) is 12.0. The fourth-order valence-electron chi connectivity index (χ4n) is 3.43. The molecule has 2 aromatic rings. The summed E-state index contributed by atoms with van der Waals surface area (Å²) in [5, 5.41) is 9.80. The Kier molecular flexibility index (Phi) is 5.03. The number of fused-ring (bicyclic) bond motifs is 1. The Morgan fingerprint density at radius 1 is 1.44 bits per heavy atom. The van der Waals surface area contributed by atoms with Crippen molar-refractivity contribution in [3.05, 3.63) is 40.4 Å². The zero-order valence-electron chi connectivity index (χ0n) is 14.7. The molecule has 0 saturated carbocycles. The summed E-state index contributed by atoms with van der Waals surface area (Å²) in [6, 6.07) is 3.01. The normalized spacial score (nSPS) is 17.9. The molecule has 2 aromatic heterocycles. The van der Waals surface area contributed by atoms with E-state index in [1.807, 2.05) is 6.92 Å². The lowest BCUT2D eigenvalue weighted by molar-refractivity contribution is 0.0737. The number of hydrogen-bond donors (Lipinski definition) is 1. The summed E-state index contributed by atoms with van der Waals surface area (Å²) in [6.45, 7) is 8.33. The first-order valence-electron chi connectivity index (χ1n) is 8.76. The van der Waals surface area contributed by atoms with E-state index in [0.29, 0.717) is 19.0 Å². The molecule has 0 unspecified atom stereocenters. The van der Waals surface area contributed by atoms with E-state index in [1.165, 1.54) is 22.9 Å². The van der Waals surface area contributed by atoms with Gasteiger partial charge in [-0.25, -0.2) is 4.98 Å². The van der Waals surface area contributed by atoms with E-state index in [0.717, 1.165) is 26.1 Å². The molecule has 0 spiro atoms. The minimum atomic E-state index is -0.453. The molecule has 0 radical (unpaired) electrons. The van der Waals surface area contributed by atoms with Crippen LogP contribution >= 0.6 is 0 Å². The third-order valence-electron chi connectivity index (χ3n) is 4.91. The predicted molar refractivity (Wildman–Crippen MR) is 94.9 cm³/mol. The van der Waals surface area contributed by atoms with Gasteiger partial charge in [0.2, 0.25) is 0 Å². The second kappa shape index (κ2) is 7.23. The summed E-state index contributed by atoms with van der Waals surface area (Å²) in [6.07, 6.45) is 3.85. The summed E-state index contributed by atoms with van der Waals surface area (Å²) in [5.74, 6) is 0.0494. The van der Waals surface area contributed by atoms with Crippen LogP contribution in [0.4, 0.5) is 0 Å². The van der Waals surface area contributed by atoms with Gasteiger partial charge in [0.25, 0.3) is 11.5 Å². The van der Waals surface area contributed by atoms with Crippen molar-refractivity contribution in [3.63, 3.8) is 0 Å². The van der Waals surface area contributed by atoms with Crippen LogP contribution in [-0.4, -0.2) is 62.9 Å². The van der Waals surface area contributed by atoms with Gasteiger partial charge in [0.1, 0.15) is 5.56 Å². The number of aromatic hydroxyl groups is 1. The van der Waals surface area contributed by atoms with Crippen molar-refractivity contribution in [1.82, 2.24) is 19.2 Å². The molecule has 1 aliphatic heterocycles. The third kappa shape index (κ3) is 3.37. The van der Waals surface area contributed by atoms with Gasteiger partial charge in [0, 0.05) is 32.0 Å². The first kappa shape index (κ1) is 17.4. The number of aromatic nitrogens is 2. The van der Waals surface area contributed by atoms with E-state index in [4.69, 9.17) is 0 Å². The van der Waals surface area contributed by atoms with Crippen molar-refractivity contribution < 1.29 is 9.90 Å². The van der Waals surface area contributed by atoms with Crippen molar-refractivity contribution in [3.8, 4) is 5.75 Å². The molecule has 1 N–H and O–H groups in total. The van der Waals surface area contributed by atoms with Crippen molar-refractivity contribution in [2.45, 2.75) is 20.3 Å². The molecule has 25 heavy (non-hydrogen) atoms. The summed E-state index contributed by atoms with van der Waals surface area (Å²) in [7, 11) is 0. The number of amides is 1. The zero-order valence-corrected chi connectivity index (χ0v) is 14.7. The summed E-state index contributed by atoms with van der Waals surface area (Å²) < 4.78 is 1.21. The topological polar surface area (TPSA) is 78.2 Å². The van der Waals surface area contributed by atoms with Gasteiger partial charge in [-0.15, -0.1) is 0 Å². The second-order valence-electron chi connectivity index (χ2n) is 6.46. The highest BCUT2D eigenvalue weighted by Gasteiger charge is 2.26. The Morgan fingerprint density at radius 3 is 2.92 bits per heavy atom. The molecule has 0 aliphatic carbocycles. The van der Waals surface area contributed by atoms with Crippen LogP contribution < -0.4 is 5.56 Å². The molecule has 1 atom stereocenters. The second-order valence-corrected chi connectivity index (χ2v) is 6.46. The van der Waals surface area contributed by atoms with Crippen molar-refractivity contribution >= 4 is 11.6 Å². The molecule has 3 heterocycles. The van der Waals surface area contributed by atoms with Gasteiger partial charge in [-0.05, 0) is 44.5 Å². The maximum absolute atomic E-state index is 12.9. The Bertz CT molecular complexity index is 833. The number of rotatable bonds is 5. The van der Waals surface area contributed by atoms with Crippen LogP contribution in [0.3, 0.4) is 0 Å². The van der Waals surface area contributed by atoms with E-state index >= 15 is 0 Å². The highest BCUT2D eigenvalue weighted by atomic mass is 16.3. The fourth-order valence-corrected chi connectivity index (χ4v) is 3.43. The Balaban J connectivity index is 1.85. The molecule has 134 valence electrons. The fraction of sp³-hybridized carbons (Fsp3) is 0.500. The van der Waals surface area contributed by atoms with E-state index in [-0.39, 0.29) is 22.9 Å². The van der Waals surface area contributed by atoms with Crippen molar-refractivity contribution in [2.24, 2.45) is 5.92 Å². The number of likely N-dealkylation sites (tertiary alicyclic amines) is 1. The Hall–Kier alpha value is -2.41. The number of carbonyl (C=O) groups excluding carboxylic acids is 1. The van der Waals surface area contributed by atoms with Crippen LogP contribution in [0.25, 0.3) is 5.65 Å². The van der Waals surface area contributed by atoms with Gasteiger partial charge in [-0.3, -0.25) is 14.0 Å². The van der Waals surface area contributed by atoms with Crippen LogP contribution in [0.5, 0.6) is 5.75 Å². The lowest BCUT2D eigenvalue weighted by Crippen LogP contribution is -2.39. The lowest BCUT2D eigenvalue weighted by atomic mass is 10.1. The maximum atomic E-state index is 12.9. The molecule has 1 saturated heterocycles. The molecule has 1 fully saturated rings. The minimum absolute atomic E-state index is 0.0373. The molecule has 7 heteroatoms. The standard InChI is InChI=1S/C18H24N4O3/c1-3-20-9-7-13(11-20)12-21(4-2)17(24)14-10-19-16-15(23)6-5-8-22(16)18(14)25/h5-6,8,10,13,23H,3-4,7,9,11-12H2,1-2H3/t13-/m0/s1. The molecule has 0 aromatic carbocycles. The summed E-state index contributed by atoms with van der Waals surface area (Å²) in [5.41, 5.74) is -0.261. The van der Waals surface area contributed by atoms with Gasteiger partial charge in [-0.1, -0.05) is 6.92 Å². The molecule has 0 bridgehead atoms. The van der Waals surface area contributed by atoms with Gasteiger partial charge in [0.15, 0.2) is 11.4 Å². The smallest absolute Gasteiger partial charge is 0.270 e. The van der Waals surface area contributed by atoms with E-state index in [2.05, 4.69) is 16.8 Å². The average Bonchev–Trinajstić information content (AvgIpc) is 3.08. The summed E-state index contributed by atoms with van der Waals surface area (Å²) >= 11 is 0. The molecule has 1 amide bonds. The van der Waals surface area contributed by atoms with E-state index in [9.17, 15) is 14.7 Å². The Labute approximate surface area is 146 Å². The average molecular weight is 344 g/mol. The maximum Gasteiger partial charge on any atom is 0.270 e. The largest absolute Gasteiger partial charge is 0.504 e. The summed E-state index contributed by atoms with van der Waals surface area (Å²) in [4.78, 5) is 33.7. The van der Waals surface area contributed by atoms with Crippen LogP contribution in [0.1, 0.15) is 30.6 Å². The van der Waals surface area contributed by atoms with Gasteiger partial charge < -0.3 is 14.9 Å². The molecular weight excluding hydrogens is 320 g/mol. The van der Waals surface area contributed by atoms with Gasteiger partial charge in [0.05, 0.1) is 0 Å². The van der Waals surface area contributed by atoms with Crippen LogP contribution in [-0.2, 0) is 0 Å². The van der Waals surface area contributed by atoms with Crippen molar-refractivity contribution in [2.75, 3.05) is 32.7 Å². The quantitative estimate of drug-likeness (QED) is 0.882. The molecule has 3 rings (SSSR count). The molecule has 7 nitrogen and oxygen atoms in total. The molecule has 1 aliphatic rings. The lowest BCUT2D eigenvalue weighted by Gasteiger charge is -2.24. The van der Waals surface area contributed by atoms with Crippen LogP contribution in [0.2, 0.25) is 0 Å². The number of hydrogen-bond acceptors (Lipinski definition) is 5. The third-order valence-corrected chi connectivity index (χ3v) is 4.91. The van der Waals surface area contributed by atoms with Gasteiger partial charge in [-0.2, -0.15) is 0 Å². The van der Waals surface area contributed by atoms with E-state index in [1.54, 1.807) is 11.0 Å². The number of nitrogens with zero attached hydrogens (tertiary/aromatic N) is 4. The number of carbonyl (C=O) groups is 1. The first-order valence-corrected chi connectivity index (χ1v) is 8.76. The predicted octanol–water partition coefficient (Wildman–Crippen LogP) is 1.20. The Morgan fingerprint density at radius 2 is 2.24 bits per heavy atom. The van der Waals surface area contributed by atoms with Crippen molar-refractivity contribution in [1.29, 1.82) is 0 Å². The van der Waals surface area contributed by atoms with Crippen LogP contribution in [0, 0.1) is 5.92 Å². The highest BCUT2D eigenvalue weighted by molar-refractivity contribution is 5.93. The van der Waals surface area contributed by atoms with Gasteiger partial charge >= 0.3 is 0 Å².